The van der Waals surface area contributed by atoms with Gasteiger partial charge in [-0.25, -0.2) is 0 Å². The molecule has 42 heteroatoms. The van der Waals surface area contributed by atoms with E-state index >= 15 is 0 Å². The number of carbonyl (C=O) groups is 19. The molecule has 7 N–H and O–H groups in total. The van der Waals surface area contributed by atoms with Crippen molar-refractivity contribution < 1.29 is 190 Å². The number of Topliss-reactive ketones (excluding diaryl/α,β-unsaturated/α-hetero) is 1. The van der Waals surface area contributed by atoms with Gasteiger partial charge in [-0.05, 0) is 193 Å². The Hall–Kier alpha value is -9.03. The minimum Gasteiger partial charge on any atom is -0.464 e. The summed E-state index contributed by atoms with van der Waals surface area (Å²) >= 11 is 0. The molecule has 0 spiro atoms. The second kappa shape index (κ2) is 58.3. The average Bonchev–Trinajstić information content (AvgIpc) is 0.872. The average molecular weight is 2030 g/mol. The molecule has 779 valence electrons. The maximum Gasteiger partial charge on any atom is 0.311 e. The molecule has 41 nitrogen and oxygen atoms in total. The fourth-order valence-corrected chi connectivity index (χ4v) is 10.6. The zero-order chi connectivity index (χ0) is 104. The molecule has 1 aliphatic rings. The van der Waals surface area contributed by atoms with Crippen molar-refractivity contribution in [3.8, 4) is 0 Å². The van der Waals surface area contributed by atoms with Crippen LogP contribution in [-0.2, 0) is 190 Å². The van der Waals surface area contributed by atoms with Gasteiger partial charge in [0.25, 0.3) is 11.8 Å². The number of ether oxygens (including phenoxy) is 14. The Morgan fingerprint density at radius 1 is 0.241 bits per heavy atom. The number of esters is 9. The molecular formula is C95H158N8O33Y. The third-order valence-corrected chi connectivity index (χ3v) is 19.7. The summed E-state index contributed by atoms with van der Waals surface area (Å²) in [6.45, 7) is 32.8. The number of rotatable bonds is 60. The first-order valence-electron chi connectivity index (χ1n) is 45.7. The van der Waals surface area contributed by atoms with Gasteiger partial charge >= 0.3 is 53.7 Å². The van der Waals surface area contributed by atoms with Gasteiger partial charge in [-0.15, -0.1) is 0 Å². The van der Waals surface area contributed by atoms with Gasteiger partial charge in [-0.2, -0.15) is 0 Å². The topological polar surface area (TPSA) is 541 Å². The first-order chi connectivity index (χ1) is 62.3. The molecule has 1 heterocycles. The van der Waals surface area contributed by atoms with E-state index in [1.165, 1.54) is 0 Å². The predicted molar refractivity (Wildman–Crippen MR) is 492 cm³/mol. The monoisotopic (exact) mass is 2030 g/mol. The Balaban J connectivity index is 0.000185. The van der Waals surface area contributed by atoms with Crippen LogP contribution in [0.25, 0.3) is 0 Å². The van der Waals surface area contributed by atoms with Gasteiger partial charge in [0, 0.05) is 148 Å². The third-order valence-electron chi connectivity index (χ3n) is 19.7. The van der Waals surface area contributed by atoms with E-state index < -0.39 is 322 Å². The van der Waals surface area contributed by atoms with E-state index in [1.807, 2.05) is 0 Å². The number of nitrogens with zero attached hydrogens (tertiary/aromatic N) is 1. The summed E-state index contributed by atoms with van der Waals surface area (Å²) in [5.74, 6) is -11.9. The van der Waals surface area contributed by atoms with Crippen LogP contribution >= 0.6 is 0 Å². The van der Waals surface area contributed by atoms with Gasteiger partial charge in [-0.1, -0.05) is 0 Å². The van der Waals surface area contributed by atoms with Gasteiger partial charge < -0.3 is 104 Å². The Kier molecular flexibility index (Phi) is 54.4. The summed E-state index contributed by atoms with van der Waals surface area (Å²) in [4.78, 5) is 252. The van der Waals surface area contributed by atoms with Crippen molar-refractivity contribution in [1.29, 1.82) is 0 Å². The second-order valence-corrected chi connectivity index (χ2v) is 43.9. The van der Waals surface area contributed by atoms with E-state index in [-0.39, 0.29) is 110 Å². The van der Waals surface area contributed by atoms with Gasteiger partial charge in [0.15, 0.2) is 0 Å². The molecule has 0 aromatic carbocycles. The fourth-order valence-electron chi connectivity index (χ4n) is 10.6. The van der Waals surface area contributed by atoms with Crippen LogP contribution in [0.3, 0.4) is 0 Å². The number of imide groups is 1. The summed E-state index contributed by atoms with van der Waals surface area (Å²) in [5, 5.41) is 18.8. The van der Waals surface area contributed by atoms with Crippen LogP contribution in [-0.4, -0.2) is 295 Å². The number of amides is 9. The molecule has 0 aliphatic carbocycles. The molecule has 0 fully saturated rings. The molecule has 0 unspecified atom stereocenters. The van der Waals surface area contributed by atoms with E-state index in [0.29, 0.717) is 6.42 Å². The van der Waals surface area contributed by atoms with E-state index in [1.54, 1.807) is 187 Å². The number of hydrogen-bond acceptors (Lipinski definition) is 33. The van der Waals surface area contributed by atoms with Crippen molar-refractivity contribution in [2.75, 3.05) is 178 Å². The number of nitrogens with one attached hydrogen (secondary N) is 7. The standard InChI is InChI=1S/C95H158N8O33.Y/c1-83(2,3)74(114)128-55-93(56-129-75(115)84(4,5)6,57-130-76(116)85(7,8)9)52-125-45-69(109)96-37-32-65(105)100-48-92(51-124-44-40-99-68(108)36-43-123-42-28-29-64(104)35-41-103-72(112)30-31-73(103)113,49-101-66(106)33-38-97-70(110)46-126-53-94(58-131-77(117)86(10,11)12,59-132-78(118)87(13,14)15)60-133-79(119)88(16,17)18)50-102-67(107)34-39-98-71(111)47-127-54-95(61-134-80(120)89(19,20)21,62-135-81(121)90(22,23)24)63-136-82(122)91(25,26)27;/h30-31H,28-29,32-63H2,1-27H3,(H,96,109)(H,97,110)(H,98,111)(H,99,108)(H,100,105)(H,101,106)(H,102,107);. The Morgan fingerprint density at radius 3 is 0.708 bits per heavy atom. The molecule has 0 saturated carbocycles. The zero-order valence-corrected chi connectivity index (χ0v) is 89.0. The summed E-state index contributed by atoms with van der Waals surface area (Å²) < 4.78 is 80.7. The van der Waals surface area contributed by atoms with Crippen molar-refractivity contribution in [2.45, 2.75) is 232 Å². The Labute approximate surface area is 832 Å². The summed E-state index contributed by atoms with van der Waals surface area (Å²) in [5.41, 5.74) is -15.2. The number of hydrogen-bond donors (Lipinski definition) is 7. The second-order valence-electron chi connectivity index (χ2n) is 43.9. The normalized spacial score (nSPS) is 13.0. The third kappa shape index (κ3) is 53.8. The van der Waals surface area contributed by atoms with Crippen LogP contribution in [0.15, 0.2) is 12.2 Å². The van der Waals surface area contributed by atoms with Gasteiger partial charge in [0.1, 0.15) is 85.1 Å². The minimum absolute atomic E-state index is 0. The predicted octanol–water partition coefficient (Wildman–Crippen LogP) is 5.35. The molecule has 0 aromatic rings. The van der Waals surface area contributed by atoms with Crippen LogP contribution in [0, 0.1) is 70.4 Å². The maximum absolute atomic E-state index is 14.1. The first-order valence-corrected chi connectivity index (χ1v) is 45.7. The Morgan fingerprint density at radius 2 is 0.467 bits per heavy atom. The van der Waals surface area contributed by atoms with Crippen LogP contribution in [0.1, 0.15) is 232 Å². The van der Waals surface area contributed by atoms with Crippen LogP contribution in [0.4, 0.5) is 0 Å². The first kappa shape index (κ1) is 128. The van der Waals surface area contributed by atoms with Crippen molar-refractivity contribution in [2.24, 2.45) is 70.4 Å². The quantitative estimate of drug-likeness (QED) is 0.0174. The molecule has 0 bridgehead atoms. The minimum atomic E-state index is -1.55. The molecule has 0 atom stereocenters. The molecule has 1 aliphatic heterocycles. The molecule has 1 rings (SSSR count). The van der Waals surface area contributed by atoms with Crippen LogP contribution in [0.5, 0.6) is 0 Å². The van der Waals surface area contributed by atoms with E-state index in [0.717, 1.165) is 17.1 Å². The van der Waals surface area contributed by atoms with Crippen molar-refractivity contribution in [3.05, 3.63) is 12.2 Å². The SMILES string of the molecule is CC(C)(C)C(=O)OCC(COCC(=O)NCCC(=O)NCC(CNC(=O)CCNC(=O)COCC(COC(=O)C(C)(C)C)(COC(=O)C(C)(C)C)COC(=O)C(C)(C)C)(CNC(=O)CCNC(=O)COCC(COC(=O)C(C)(C)C)(COC(=O)C(C)(C)C)COC(=O)C(C)(C)C)COCCNC(=O)CCOCCCC(=O)CCN1C(=O)C=CC1=O)(COC(=O)C(C)(C)C)COC(=O)C(C)(C)C.[Y]. The molecular weight excluding hydrogens is 1870 g/mol. The summed E-state index contributed by atoms with van der Waals surface area (Å²) in [7, 11) is 0. The number of carbonyl (C=O) groups excluding carboxylic acids is 19. The van der Waals surface area contributed by atoms with Crippen LogP contribution < -0.4 is 37.2 Å². The van der Waals surface area contributed by atoms with E-state index in [9.17, 15) is 91.1 Å². The smallest absolute Gasteiger partial charge is 0.311 e. The largest absolute Gasteiger partial charge is 0.464 e. The van der Waals surface area contributed by atoms with Crippen molar-refractivity contribution in [1.82, 2.24) is 42.1 Å². The van der Waals surface area contributed by atoms with Crippen LogP contribution in [0.2, 0.25) is 0 Å². The Bertz CT molecular complexity index is 3490. The molecule has 9 amide bonds. The summed E-state index contributed by atoms with van der Waals surface area (Å²) in [6.07, 6.45) is 1.24. The summed E-state index contributed by atoms with van der Waals surface area (Å²) in [6, 6.07) is 0. The molecule has 0 aromatic heterocycles. The molecule has 137 heavy (non-hydrogen) atoms. The van der Waals surface area contributed by atoms with Crippen molar-refractivity contribution >= 4 is 113 Å². The van der Waals surface area contributed by atoms with E-state index in [2.05, 4.69) is 37.2 Å². The molecule has 0 saturated heterocycles. The fraction of sp³-hybridized carbons (Fsp3) is 0.779. The molecule has 1 radical (unpaired) electrons. The van der Waals surface area contributed by atoms with E-state index in [4.69, 9.17) is 66.3 Å². The number of ketones is 1. The zero-order valence-electron chi connectivity index (χ0n) is 86.2. The van der Waals surface area contributed by atoms with Crippen molar-refractivity contribution in [3.63, 3.8) is 0 Å². The van der Waals surface area contributed by atoms with Gasteiger partial charge in [0.2, 0.25) is 41.4 Å². The van der Waals surface area contributed by atoms with Gasteiger partial charge in [-0.3, -0.25) is 96.0 Å². The maximum atomic E-state index is 14.1. The van der Waals surface area contributed by atoms with Gasteiger partial charge in [0.05, 0.1) is 105 Å².